The van der Waals surface area contributed by atoms with E-state index in [1.807, 2.05) is 12.2 Å². The molecule has 8 nitrogen and oxygen atoms in total. The van der Waals surface area contributed by atoms with E-state index in [1.54, 1.807) is 19.1 Å². The van der Waals surface area contributed by atoms with Crippen molar-refractivity contribution in [3.8, 4) is 0 Å². The predicted octanol–water partition coefficient (Wildman–Crippen LogP) is 3.90. The van der Waals surface area contributed by atoms with Crippen molar-refractivity contribution in [3.63, 3.8) is 0 Å². The molecule has 40 heavy (non-hydrogen) atoms. The number of carbonyl (C=O) groups is 1. The Hall–Kier alpha value is -1.81. The highest BCUT2D eigenvalue weighted by Gasteiger charge is 2.60. The number of aliphatic hydroxyl groups is 3. The Morgan fingerprint density at radius 1 is 1.18 bits per heavy atom. The molecule has 3 N–H and O–H groups in total. The van der Waals surface area contributed by atoms with Crippen molar-refractivity contribution in [2.24, 2.45) is 17.8 Å². The predicted molar refractivity (Wildman–Crippen MR) is 149 cm³/mol. The fourth-order valence-corrected chi connectivity index (χ4v) is 7.23. The van der Waals surface area contributed by atoms with Crippen LogP contribution < -0.4 is 0 Å². The highest BCUT2D eigenvalue weighted by atomic mass is 16.7. The number of hydrogen-bond acceptors (Lipinski definition) is 8. The van der Waals surface area contributed by atoms with Crippen LogP contribution in [0, 0.1) is 17.8 Å². The van der Waals surface area contributed by atoms with Crippen LogP contribution in [-0.4, -0.2) is 76.4 Å². The monoisotopic (exact) mass is 558 g/mol. The number of carbonyl (C=O) groups excluding carboxylic acids is 1. The van der Waals surface area contributed by atoms with E-state index in [-0.39, 0.29) is 31.3 Å². The largest absolute Gasteiger partial charge is 0.462 e. The summed E-state index contributed by atoms with van der Waals surface area (Å²) in [7, 11) is 0. The van der Waals surface area contributed by atoms with Crippen molar-refractivity contribution in [1.29, 1.82) is 0 Å². The molecular weight excluding hydrogens is 512 g/mol. The van der Waals surface area contributed by atoms with Gasteiger partial charge in [0.2, 0.25) is 0 Å². The second-order valence-corrected chi connectivity index (χ2v) is 12.6. The number of fused-ring (bicyclic) bond motifs is 2. The van der Waals surface area contributed by atoms with E-state index in [4.69, 9.17) is 18.9 Å². The SMILES string of the molecule is CC[C@H]1O[C@]2(CC[C@@H]1C)C[C@@H]1C[C@@H](C/C=C(\CO)C[C@@H](C)/C=C/C=C3\CO[C@@H]4[C@H](O)C(C)=C[C@@H](C(=O)O1)[C@]34O)O2. The lowest BCUT2D eigenvalue weighted by atomic mass is 9.71. The van der Waals surface area contributed by atoms with Gasteiger partial charge in [0.15, 0.2) is 5.79 Å². The Morgan fingerprint density at radius 2 is 1.98 bits per heavy atom. The summed E-state index contributed by atoms with van der Waals surface area (Å²) < 4.78 is 25.3. The summed E-state index contributed by atoms with van der Waals surface area (Å²) in [6, 6.07) is 0. The smallest absolute Gasteiger partial charge is 0.316 e. The molecule has 3 saturated heterocycles. The molecule has 4 aliphatic heterocycles. The normalized spacial score (nSPS) is 47.8. The summed E-state index contributed by atoms with van der Waals surface area (Å²) in [5.41, 5.74) is 0.322. The molecule has 0 aromatic heterocycles. The third kappa shape index (κ3) is 5.63. The maximum absolute atomic E-state index is 13.9. The molecule has 0 radical (unpaired) electrons. The summed E-state index contributed by atoms with van der Waals surface area (Å²) in [5.74, 6) is -1.84. The summed E-state index contributed by atoms with van der Waals surface area (Å²) in [6.45, 7) is 8.21. The van der Waals surface area contributed by atoms with Gasteiger partial charge in [-0.25, -0.2) is 0 Å². The third-order valence-electron chi connectivity index (χ3n) is 9.58. The summed E-state index contributed by atoms with van der Waals surface area (Å²) in [5, 5.41) is 33.0. The molecule has 2 bridgehead atoms. The van der Waals surface area contributed by atoms with Gasteiger partial charge in [-0.05, 0) is 61.2 Å². The fraction of sp³-hybridized carbons (Fsp3) is 0.719. The average Bonchev–Trinajstić information content (AvgIpc) is 3.26. The summed E-state index contributed by atoms with van der Waals surface area (Å²) in [4.78, 5) is 13.9. The molecule has 0 unspecified atom stereocenters. The first-order chi connectivity index (χ1) is 19.1. The van der Waals surface area contributed by atoms with Crippen LogP contribution in [0.5, 0.6) is 0 Å². The Balaban J connectivity index is 1.52. The zero-order chi connectivity index (χ0) is 28.7. The number of aliphatic hydroxyl groups excluding tert-OH is 2. The van der Waals surface area contributed by atoms with Crippen molar-refractivity contribution in [3.05, 3.63) is 47.1 Å². The van der Waals surface area contributed by atoms with Crippen LogP contribution in [-0.2, 0) is 23.7 Å². The third-order valence-corrected chi connectivity index (χ3v) is 9.58. The zero-order valence-corrected chi connectivity index (χ0v) is 24.3. The lowest BCUT2D eigenvalue weighted by Crippen LogP contribution is -2.58. The summed E-state index contributed by atoms with van der Waals surface area (Å²) >= 11 is 0. The zero-order valence-electron chi connectivity index (χ0n) is 24.3. The van der Waals surface area contributed by atoms with E-state index in [9.17, 15) is 20.1 Å². The second-order valence-electron chi connectivity index (χ2n) is 12.6. The first-order valence-electron chi connectivity index (χ1n) is 15.0. The Labute approximate surface area is 237 Å². The molecule has 8 heteroatoms. The van der Waals surface area contributed by atoms with Crippen LogP contribution in [0.25, 0.3) is 0 Å². The van der Waals surface area contributed by atoms with E-state index in [0.717, 1.165) is 24.8 Å². The lowest BCUT2D eigenvalue weighted by Gasteiger charge is -2.50. The average molecular weight is 559 g/mol. The van der Waals surface area contributed by atoms with Gasteiger partial charge in [-0.1, -0.05) is 51.2 Å². The van der Waals surface area contributed by atoms with Crippen LogP contribution in [0.1, 0.15) is 72.6 Å². The minimum Gasteiger partial charge on any atom is -0.462 e. The lowest BCUT2D eigenvalue weighted by molar-refractivity contribution is -0.335. The number of hydrogen-bond donors (Lipinski definition) is 3. The van der Waals surface area contributed by atoms with Gasteiger partial charge in [0.25, 0.3) is 0 Å². The Morgan fingerprint density at radius 3 is 2.73 bits per heavy atom. The molecule has 0 saturated carbocycles. The quantitative estimate of drug-likeness (QED) is 0.346. The highest BCUT2D eigenvalue weighted by molar-refractivity contribution is 5.78. The van der Waals surface area contributed by atoms with Crippen LogP contribution in [0.15, 0.2) is 47.1 Å². The first kappa shape index (κ1) is 29.7. The number of allylic oxidation sites excluding steroid dienone is 3. The van der Waals surface area contributed by atoms with Crippen molar-refractivity contribution >= 4 is 5.97 Å². The molecule has 5 aliphatic rings. The molecule has 1 aliphatic carbocycles. The van der Waals surface area contributed by atoms with E-state index in [2.05, 4.69) is 26.8 Å². The van der Waals surface area contributed by atoms with Gasteiger partial charge in [-0.2, -0.15) is 0 Å². The molecule has 1 spiro atoms. The minimum absolute atomic E-state index is 0.0397. The second kappa shape index (κ2) is 11.8. The molecule has 10 atom stereocenters. The van der Waals surface area contributed by atoms with E-state index in [1.165, 1.54) is 0 Å². The maximum atomic E-state index is 13.9. The number of esters is 1. The highest BCUT2D eigenvalue weighted by Crippen LogP contribution is 2.47. The van der Waals surface area contributed by atoms with Gasteiger partial charge in [0.05, 0.1) is 25.4 Å². The van der Waals surface area contributed by atoms with E-state index < -0.39 is 41.6 Å². The van der Waals surface area contributed by atoms with Gasteiger partial charge in [0.1, 0.15) is 29.8 Å². The maximum Gasteiger partial charge on any atom is 0.316 e. The Kier molecular flexibility index (Phi) is 8.77. The van der Waals surface area contributed by atoms with Crippen LogP contribution in [0.4, 0.5) is 0 Å². The molecule has 0 aromatic carbocycles. The minimum atomic E-state index is -1.72. The molecular formula is C32H46O8. The van der Waals surface area contributed by atoms with Gasteiger partial charge in [-0.15, -0.1) is 0 Å². The number of rotatable bonds is 2. The van der Waals surface area contributed by atoms with E-state index in [0.29, 0.717) is 42.7 Å². The van der Waals surface area contributed by atoms with Gasteiger partial charge in [0, 0.05) is 19.3 Å². The first-order valence-corrected chi connectivity index (χ1v) is 15.0. The number of ether oxygens (including phenoxy) is 4. The van der Waals surface area contributed by atoms with Crippen molar-refractivity contribution < 1.29 is 39.1 Å². The Bertz CT molecular complexity index is 1080. The van der Waals surface area contributed by atoms with Gasteiger partial charge >= 0.3 is 5.97 Å². The van der Waals surface area contributed by atoms with Crippen LogP contribution in [0.2, 0.25) is 0 Å². The fourth-order valence-electron chi connectivity index (χ4n) is 7.23. The molecule has 4 heterocycles. The molecule has 222 valence electrons. The topological polar surface area (TPSA) is 115 Å². The van der Waals surface area contributed by atoms with Gasteiger partial charge in [-0.3, -0.25) is 4.79 Å². The molecule has 0 amide bonds. The summed E-state index contributed by atoms with van der Waals surface area (Å²) in [6.07, 6.45) is 11.5. The van der Waals surface area contributed by atoms with E-state index >= 15 is 0 Å². The van der Waals surface area contributed by atoms with Crippen molar-refractivity contribution in [2.75, 3.05) is 13.2 Å². The molecule has 5 rings (SSSR count). The molecule has 3 fully saturated rings. The van der Waals surface area contributed by atoms with Crippen molar-refractivity contribution in [1.82, 2.24) is 0 Å². The molecule has 0 aromatic rings. The van der Waals surface area contributed by atoms with Crippen LogP contribution >= 0.6 is 0 Å². The van der Waals surface area contributed by atoms with Crippen LogP contribution in [0.3, 0.4) is 0 Å². The van der Waals surface area contributed by atoms with Gasteiger partial charge < -0.3 is 34.3 Å². The standard InChI is InChI=1S/C32H46O8/c1-5-27-20(3)11-12-31(40-27)16-25-15-24(39-31)10-9-22(17-33)13-19(2)7-6-8-23-18-37-29-28(34)21(4)14-26(30(35)38-25)32(23,29)36/h6-9,14,19-20,24-29,33-34,36H,5,10-13,15-18H2,1-4H3/b7-6+,22-9-,23-8+/t19-,20-,24+,25-,26-,27+,28+,29+,31+,32+/m0/s1. The van der Waals surface area contributed by atoms with Crippen molar-refractivity contribution in [2.45, 2.75) is 115 Å².